The summed E-state index contributed by atoms with van der Waals surface area (Å²) in [6.45, 7) is 6.16. The first-order valence-corrected chi connectivity index (χ1v) is 9.49. The van der Waals surface area contributed by atoms with Crippen LogP contribution in [0.3, 0.4) is 0 Å². The molecule has 0 aromatic heterocycles. The highest BCUT2D eigenvalue weighted by molar-refractivity contribution is 5.75. The maximum Gasteiger partial charge on any atom is 0.310 e. The average molecular weight is 404 g/mol. The lowest BCUT2D eigenvalue weighted by Gasteiger charge is -2.21. The van der Waals surface area contributed by atoms with Gasteiger partial charge in [-0.25, -0.2) is 0 Å². The van der Waals surface area contributed by atoms with Gasteiger partial charge >= 0.3 is 5.97 Å². The van der Waals surface area contributed by atoms with Gasteiger partial charge in [-0.2, -0.15) is 0 Å². The van der Waals surface area contributed by atoms with Crippen LogP contribution in [-0.4, -0.2) is 48.3 Å². The molecule has 0 aliphatic carbocycles. The highest BCUT2D eigenvalue weighted by atomic mass is 16.9. The predicted molar refractivity (Wildman–Crippen MR) is 99.7 cm³/mol. The minimum Gasteiger partial charge on any atom is -0.464 e. The molecule has 28 heavy (non-hydrogen) atoms. The molecule has 0 saturated carbocycles. The third kappa shape index (κ3) is 17.0. The zero-order chi connectivity index (χ0) is 21.4. The van der Waals surface area contributed by atoms with Gasteiger partial charge in [0.25, 0.3) is 11.6 Å². The van der Waals surface area contributed by atoms with Crippen LogP contribution in [0.2, 0.25) is 0 Å². The molecule has 0 saturated heterocycles. The quantitative estimate of drug-likeness (QED) is 0.136. The Bertz CT molecular complexity index is 490. The number of nitrogens with one attached hydrogen (secondary N) is 1. The van der Waals surface area contributed by atoms with Gasteiger partial charge in [-0.05, 0) is 52.9 Å². The van der Waals surface area contributed by atoms with Crippen molar-refractivity contribution >= 4 is 18.3 Å². The van der Waals surface area contributed by atoms with Gasteiger partial charge in [0.2, 0.25) is 5.91 Å². The van der Waals surface area contributed by atoms with Crippen LogP contribution in [-0.2, 0) is 28.7 Å². The van der Waals surface area contributed by atoms with Crippen LogP contribution in [0.4, 0.5) is 0 Å². The Labute approximate surface area is 165 Å². The third-order valence-electron chi connectivity index (χ3n) is 3.58. The van der Waals surface area contributed by atoms with E-state index in [2.05, 4.69) is 10.2 Å². The largest absolute Gasteiger partial charge is 0.464 e. The molecule has 0 fully saturated rings. The van der Waals surface area contributed by atoms with Gasteiger partial charge in [0, 0.05) is 13.0 Å². The van der Waals surface area contributed by atoms with E-state index < -0.39 is 22.8 Å². The first-order valence-electron chi connectivity index (χ1n) is 9.49. The monoisotopic (exact) mass is 404 g/mol. The molecule has 0 aliphatic rings. The van der Waals surface area contributed by atoms with Crippen LogP contribution in [0, 0.1) is 10.1 Å². The molecule has 0 radical (unpaired) electrons. The number of nitrogens with zero attached hydrogens (tertiary/aromatic N) is 1. The molecule has 0 aromatic rings. The van der Waals surface area contributed by atoms with Gasteiger partial charge in [-0.3, -0.25) is 14.4 Å². The minimum absolute atomic E-state index is 0.00251. The number of ether oxygens (including phenoxy) is 2. The molecule has 10 heteroatoms. The van der Waals surface area contributed by atoms with Crippen LogP contribution >= 0.6 is 0 Å². The Kier molecular flexibility index (Phi) is 13.4. The van der Waals surface area contributed by atoms with Gasteiger partial charge in [0.1, 0.15) is 11.7 Å². The molecule has 1 unspecified atom stereocenters. The zero-order valence-electron chi connectivity index (χ0n) is 16.9. The average Bonchev–Trinajstić information content (AvgIpc) is 2.55. The molecular formula is C18H32N2O8. The summed E-state index contributed by atoms with van der Waals surface area (Å²) in [7, 11) is 0. The lowest BCUT2D eigenvalue weighted by Crippen LogP contribution is -2.28. The van der Waals surface area contributed by atoms with Crippen molar-refractivity contribution in [2.45, 2.75) is 83.8 Å². The Morgan fingerprint density at radius 2 is 1.86 bits per heavy atom. The molecule has 1 amide bonds. The predicted octanol–water partition coefficient (Wildman–Crippen LogP) is 2.32. The number of carbonyl (C=O) groups is 3. The minimum atomic E-state index is -0.828. The second kappa shape index (κ2) is 14.6. The van der Waals surface area contributed by atoms with Crippen molar-refractivity contribution in [3.05, 3.63) is 10.1 Å². The Balaban J connectivity index is 3.81. The second-order valence-corrected chi connectivity index (χ2v) is 7.36. The summed E-state index contributed by atoms with van der Waals surface area (Å²) >= 11 is 0. The van der Waals surface area contributed by atoms with Gasteiger partial charge < -0.3 is 19.6 Å². The number of unbranched alkanes of at least 4 members (excludes halogenated alkanes) is 3. The molecule has 10 nitrogen and oxygen atoms in total. The lowest BCUT2D eigenvalue weighted by atomic mass is 10.1. The summed E-state index contributed by atoms with van der Waals surface area (Å²) in [6.07, 6.45) is 3.54. The number of amides is 1. The van der Waals surface area contributed by atoms with E-state index in [9.17, 15) is 24.5 Å². The SMILES string of the molecule is CC(C)(C)OC(=O)CC(CCCCNC(=O)CCCCCO[N+](=O)[O-])OC=O. The van der Waals surface area contributed by atoms with Crippen LogP contribution in [0.1, 0.15) is 72.1 Å². The van der Waals surface area contributed by atoms with Gasteiger partial charge in [-0.15, -0.1) is 10.1 Å². The number of hydrogen-bond acceptors (Lipinski definition) is 8. The van der Waals surface area contributed by atoms with Crippen molar-refractivity contribution in [3.63, 3.8) is 0 Å². The zero-order valence-corrected chi connectivity index (χ0v) is 16.9. The Morgan fingerprint density at radius 3 is 2.46 bits per heavy atom. The van der Waals surface area contributed by atoms with Crippen LogP contribution in [0.25, 0.3) is 0 Å². The molecule has 162 valence electrons. The van der Waals surface area contributed by atoms with Crippen molar-refractivity contribution < 1.29 is 33.8 Å². The number of rotatable bonds is 16. The molecule has 0 rings (SSSR count). The standard InChI is InChI=1S/C18H32N2O8/c1-18(2,3)28-17(23)13-15(26-14-21)9-6-7-11-19-16(22)10-5-4-8-12-27-20(24)25/h14-15H,4-13H2,1-3H3,(H,19,22). The highest BCUT2D eigenvalue weighted by Gasteiger charge is 2.21. The summed E-state index contributed by atoms with van der Waals surface area (Å²) < 4.78 is 10.1. The van der Waals surface area contributed by atoms with Crippen molar-refractivity contribution in [2.75, 3.05) is 13.2 Å². The lowest BCUT2D eigenvalue weighted by molar-refractivity contribution is -0.757. The van der Waals surface area contributed by atoms with E-state index in [0.717, 1.165) is 0 Å². The van der Waals surface area contributed by atoms with E-state index in [4.69, 9.17) is 9.47 Å². The molecule has 1 atom stereocenters. The summed E-state index contributed by atoms with van der Waals surface area (Å²) in [5.74, 6) is -0.499. The van der Waals surface area contributed by atoms with Crippen molar-refractivity contribution in [2.24, 2.45) is 0 Å². The molecule has 0 bridgehead atoms. The molecule has 1 N–H and O–H groups in total. The van der Waals surface area contributed by atoms with Crippen molar-refractivity contribution in [3.8, 4) is 0 Å². The van der Waals surface area contributed by atoms with Crippen molar-refractivity contribution in [1.29, 1.82) is 0 Å². The third-order valence-corrected chi connectivity index (χ3v) is 3.58. The van der Waals surface area contributed by atoms with E-state index in [0.29, 0.717) is 58.0 Å². The maximum atomic E-state index is 11.8. The fourth-order valence-electron chi connectivity index (χ4n) is 2.38. The van der Waals surface area contributed by atoms with Gasteiger partial charge in [-0.1, -0.05) is 6.42 Å². The number of carbonyl (C=O) groups excluding carboxylic acids is 3. The molecule has 0 spiro atoms. The smallest absolute Gasteiger partial charge is 0.310 e. The molecular weight excluding hydrogens is 372 g/mol. The fraction of sp³-hybridized carbons (Fsp3) is 0.833. The van der Waals surface area contributed by atoms with Crippen molar-refractivity contribution in [1.82, 2.24) is 5.32 Å². The van der Waals surface area contributed by atoms with E-state index in [1.807, 2.05) is 0 Å². The molecule has 0 heterocycles. The van der Waals surface area contributed by atoms with E-state index in [1.54, 1.807) is 20.8 Å². The first kappa shape index (κ1) is 25.6. The molecule has 0 aromatic carbocycles. The van der Waals surface area contributed by atoms with E-state index in [-0.39, 0.29) is 18.9 Å². The summed E-state index contributed by atoms with van der Waals surface area (Å²) in [4.78, 5) is 48.2. The Morgan fingerprint density at radius 1 is 1.14 bits per heavy atom. The summed E-state index contributed by atoms with van der Waals surface area (Å²) in [5.41, 5.74) is -0.591. The Hall–Kier alpha value is -2.39. The van der Waals surface area contributed by atoms with Gasteiger partial charge in [0.15, 0.2) is 0 Å². The van der Waals surface area contributed by atoms with Crippen LogP contribution < -0.4 is 5.32 Å². The van der Waals surface area contributed by atoms with Crippen LogP contribution in [0.5, 0.6) is 0 Å². The molecule has 0 aliphatic heterocycles. The van der Waals surface area contributed by atoms with Crippen LogP contribution in [0.15, 0.2) is 0 Å². The maximum absolute atomic E-state index is 11.8. The first-order chi connectivity index (χ1) is 13.1. The fourth-order valence-corrected chi connectivity index (χ4v) is 2.38. The van der Waals surface area contributed by atoms with Gasteiger partial charge in [0.05, 0.1) is 13.0 Å². The normalized spacial score (nSPS) is 12.0. The second-order valence-electron chi connectivity index (χ2n) is 7.36. The highest BCUT2D eigenvalue weighted by Crippen LogP contribution is 2.13. The summed E-state index contributed by atoms with van der Waals surface area (Å²) in [6, 6.07) is 0. The topological polar surface area (TPSA) is 134 Å². The van der Waals surface area contributed by atoms with E-state index in [1.165, 1.54) is 0 Å². The van der Waals surface area contributed by atoms with E-state index >= 15 is 0 Å². The number of hydrogen-bond donors (Lipinski definition) is 1. The summed E-state index contributed by atoms with van der Waals surface area (Å²) in [5, 5.41) is 11.9. The number of esters is 1.